The van der Waals surface area contributed by atoms with E-state index >= 15 is 0 Å². The third-order valence-corrected chi connectivity index (χ3v) is 2.87. The molecule has 58 valence electrons. The van der Waals surface area contributed by atoms with Crippen molar-refractivity contribution in [2.75, 3.05) is 19.6 Å². The second kappa shape index (κ2) is 2.49. The van der Waals surface area contributed by atoms with E-state index in [0.29, 0.717) is 6.04 Å². The van der Waals surface area contributed by atoms with Gasteiger partial charge in [-0.1, -0.05) is 0 Å². The summed E-state index contributed by atoms with van der Waals surface area (Å²) >= 11 is 0. The van der Waals surface area contributed by atoms with Gasteiger partial charge in [0.05, 0.1) is 0 Å². The molecule has 1 atom stereocenters. The van der Waals surface area contributed by atoms with Gasteiger partial charge in [-0.05, 0) is 31.8 Å². The van der Waals surface area contributed by atoms with Gasteiger partial charge in [0, 0.05) is 12.6 Å². The Hall–Kier alpha value is -0.120. The number of hydrogen-bond acceptors (Lipinski definition) is 3. The van der Waals surface area contributed by atoms with Crippen molar-refractivity contribution in [3.8, 4) is 0 Å². The molecule has 3 N–H and O–H groups in total. The van der Waals surface area contributed by atoms with Gasteiger partial charge in [-0.2, -0.15) is 0 Å². The first kappa shape index (κ1) is 6.58. The van der Waals surface area contributed by atoms with Crippen LogP contribution in [0.15, 0.2) is 0 Å². The quantitative estimate of drug-likeness (QED) is 0.383. The molecule has 3 nitrogen and oxygen atoms in total. The highest BCUT2D eigenvalue weighted by Crippen LogP contribution is 2.26. The molecule has 0 aliphatic carbocycles. The van der Waals surface area contributed by atoms with Gasteiger partial charge in [0.2, 0.25) is 0 Å². The van der Waals surface area contributed by atoms with Crippen LogP contribution in [0.1, 0.15) is 12.8 Å². The summed E-state index contributed by atoms with van der Waals surface area (Å²) in [5.41, 5.74) is 2.89. The second-order valence-electron chi connectivity index (χ2n) is 3.41. The van der Waals surface area contributed by atoms with Crippen LogP contribution in [-0.4, -0.2) is 30.6 Å². The number of piperidine rings is 3. The number of rotatable bonds is 1. The molecule has 3 aliphatic rings. The normalized spacial score (nSPS) is 45.9. The third kappa shape index (κ3) is 0.944. The molecule has 0 saturated carbocycles. The Bertz CT molecular complexity index is 118. The van der Waals surface area contributed by atoms with Gasteiger partial charge < -0.3 is 4.90 Å². The lowest BCUT2D eigenvalue weighted by Gasteiger charge is -2.44. The highest BCUT2D eigenvalue weighted by atomic mass is 15.3. The maximum Gasteiger partial charge on any atom is 0.0366 e. The lowest BCUT2D eigenvalue weighted by atomic mass is 9.84. The zero-order valence-electron chi connectivity index (χ0n) is 6.21. The van der Waals surface area contributed by atoms with Crippen molar-refractivity contribution < 1.29 is 0 Å². The minimum Gasteiger partial charge on any atom is -0.302 e. The average Bonchev–Trinajstić information content (AvgIpc) is 2.06. The van der Waals surface area contributed by atoms with Gasteiger partial charge in [0.15, 0.2) is 0 Å². The van der Waals surface area contributed by atoms with E-state index < -0.39 is 0 Å². The summed E-state index contributed by atoms with van der Waals surface area (Å²) in [6.45, 7) is 3.76. The Morgan fingerprint density at radius 2 is 2.00 bits per heavy atom. The number of nitrogens with one attached hydrogen (secondary N) is 1. The zero-order valence-corrected chi connectivity index (χ0v) is 6.21. The molecule has 3 saturated heterocycles. The van der Waals surface area contributed by atoms with E-state index in [0.717, 1.165) is 5.92 Å². The van der Waals surface area contributed by atoms with Crippen LogP contribution in [0.5, 0.6) is 0 Å². The molecule has 3 aliphatic heterocycles. The fraction of sp³-hybridized carbons (Fsp3) is 1.00. The Morgan fingerprint density at radius 1 is 1.30 bits per heavy atom. The monoisotopic (exact) mass is 141 g/mol. The minimum atomic E-state index is 0.572. The summed E-state index contributed by atoms with van der Waals surface area (Å²) in [7, 11) is 0. The maximum absolute atomic E-state index is 5.41. The fourth-order valence-electron chi connectivity index (χ4n) is 2.15. The molecule has 2 bridgehead atoms. The van der Waals surface area contributed by atoms with Gasteiger partial charge in [-0.15, -0.1) is 0 Å². The number of hydrogen-bond donors (Lipinski definition) is 2. The standard InChI is InChI=1S/C7H15N3/c8-9-7-5-10-3-1-6(7)2-4-10/h6-7,9H,1-5,8H2/t7-/m1/s1. The molecular formula is C7H15N3. The number of hydrazine groups is 1. The van der Waals surface area contributed by atoms with Crippen LogP contribution in [0.2, 0.25) is 0 Å². The third-order valence-electron chi connectivity index (χ3n) is 2.87. The molecule has 0 aromatic heterocycles. The van der Waals surface area contributed by atoms with Crippen LogP contribution in [-0.2, 0) is 0 Å². The number of nitrogens with two attached hydrogens (primary N) is 1. The van der Waals surface area contributed by atoms with E-state index in [1.54, 1.807) is 0 Å². The van der Waals surface area contributed by atoms with E-state index in [2.05, 4.69) is 10.3 Å². The van der Waals surface area contributed by atoms with E-state index in [1.807, 2.05) is 0 Å². The van der Waals surface area contributed by atoms with Crippen LogP contribution < -0.4 is 11.3 Å². The first-order chi connectivity index (χ1) is 4.90. The molecule has 0 unspecified atom stereocenters. The molecule has 3 heteroatoms. The highest BCUT2D eigenvalue weighted by molar-refractivity contribution is 4.89. The van der Waals surface area contributed by atoms with Crippen molar-refractivity contribution in [2.24, 2.45) is 11.8 Å². The summed E-state index contributed by atoms with van der Waals surface area (Å²) in [5, 5.41) is 0. The minimum absolute atomic E-state index is 0.572. The van der Waals surface area contributed by atoms with Crippen LogP contribution in [0.3, 0.4) is 0 Å². The summed E-state index contributed by atoms with van der Waals surface area (Å²) in [4.78, 5) is 2.49. The number of fused-ring (bicyclic) bond motifs is 3. The van der Waals surface area contributed by atoms with Gasteiger partial charge in [-0.3, -0.25) is 11.3 Å². The average molecular weight is 141 g/mol. The first-order valence-corrected chi connectivity index (χ1v) is 4.08. The Kier molecular flexibility index (Phi) is 1.64. The summed E-state index contributed by atoms with van der Waals surface area (Å²) in [5.74, 6) is 6.27. The van der Waals surface area contributed by atoms with Crippen LogP contribution in [0.25, 0.3) is 0 Å². The SMILES string of the molecule is NN[C@@H]1CN2CCC1CC2. The van der Waals surface area contributed by atoms with Gasteiger partial charge in [-0.25, -0.2) is 0 Å². The molecule has 3 fully saturated rings. The van der Waals surface area contributed by atoms with Gasteiger partial charge >= 0.3 is 0 Å². The van der Waals surface area contributed by atoms with E-state index in [1.165, 1.54) is 32.5 Å². The zero-order chi connectivity index (χ0) is 6.97. The largest absolute Gasteiger partial charge is 0.302 e. The van der Waals surface area contributed by atoms with Crippen molar-refractivity contribution in [3.63, 3.8) is 0 Å². The lowest BCUT2D eigenvalue weighted by Crippen LogP contribution is -2.57. The molecular weight excluding hydrogens is 126 g/mol. The molecule has 0 radical (unpaired) electrons. The fourth-order valence-corrected chi connectivity index (χ4v) is 2.15. The Balaban J connectivity index is 2.01. The van der Waals surface area contributed by atoms with Crippen LogP contribution in [0, 0.1) is 5.92 Å². The molecule has 0 amide bonds. The Labute approximate surface area is 61.5 Å². The van der Waals surface area contributed by atoms with Crippen LogP contribution in [0.4, 0.5) is 0 Å². The van der Waals surface area contributed by atoms with Gasteiger partial charge in [0.1, 0.15) is 0 Å². The molecule has 3 heterocycles. The highest BCUT2D eigenvalue weighted by Gasteiger charge is 2.32. The number of nitrogens with zero attached hydrogens (tertiary/aromatic N) is 1. The van der Waals surface area contributed by atoms with Crippen molar-refractivity contribution in [1.82, 2.24) is 10.3 Å². The topological polar surface area (TPSA) is 41.3 Å². The molecule has 0 aromatic carbocycles. The van der Waals surface area contributed by atoms with Crippen molar-refractivity contribution in [2.45, 2.75) is 18.9 Å². The molecule has 0 aromatic rings. The second-order valence-corrected chi connectivity index (χ2v) is 3.41. The predicted molar refractivity (Wildman–Crippen MR) is 40.3 cm³/mol. The first-order valence-electron chi connectivity index (χ1n) is 4.08. The maximum atomic E-state index is 5.41. The summed E-state index contributed by atoms with van der Waals surface area (Å²) < 4.78 is 0. The smallest absolute Gasteiger partial charge is 0.0366 e. The molecule has 0 spiro atoms. The van der Waals surface area contributed by atoms with E-state index in [9.17, 15) is 0 Å². The lowest BCUT2D eigenvalue weighted by molar-refractivity contribution is 0.0730. The van der Waals surface area contributed by atoms with Crippen LogP contribution >= 0.6 is 0 Å². The molecule has 10 heavy (non-hydrogen) atoms. The van der Waals surface area contributed by atoms with Gasteiger partial charge in [0.25, 0.3) is 0 Å². The molecule has 3 rings (SSSR count). The van der Waals surface area contributed by atoms with E-state index in [-0.39, 0.29) is 0 Å². The van der Waals surface area contributed by atoms with Crippen molar-refractivity contribution in [1.29, 1.82) is 0 Å². The Morgan fingerprint density at radius 3 is 2.30 bits per heavy atom. The van der Waals surface area contributed by atoms with Crippen molar-refractivity contribution in [3.05, 3.63) is 0 Å². The summed E-state index contributed by atoms with van der Waals surface area (Å²) in [6, 6.07) is 0.572. The predicted octanol–water partition coefficient (Wildman–Crippen LogP) is -0.456. The summed E-state index contributed by atoms with van der Waals surface area (Å²) in [6.07, 6.45) is 2.68. The van der Waals surface area contributed by atoms with E-state index in [4.69, 9.17) is 5.84 Å². The van der Waals surface area contributed by atoms with Crippen molar-refractivity contribution >= 4 is 0 Å².